The Bertz CT molecular complexity index is 1620. The van der Waals surface area contributed by atoms with Crippen LogP contribution in [-0.4, -0.2) is 173 Å². The Kier molecular flexibility index (Phi) is 27.0. The minimum atomic E-state index is -0.963. The SMILES string of the molecule is CC[C@H](C)[C@@H]([C@@H](CC(=O)N1CCC[C@H]1[C@H](OC)[C@@H](C)C(=O)N[C@H](C)[C@@H](O)c1ccccc1)OC)N(C)C(=O)[C@@H](NC(=O)[C@H](C(C)C)N(C)C(=O)OCCOCCOCCOCC(C)C)C(C)C. The van der Waals surface area contributed by atoms with Crippen LogP contribution in [0.1, 0.15) is 107 Å². The molecule has 3 N–H and O–H groups in total. The van der Waals surface area contributed by atoms with Gasteiger partial charge in [-0.1, -0.05) is 99.1 Å². The van der Waals surface area contributed by atoms with Gasteiger partial charge in [-0.25, -0.2) is 4.79 Å². The van der Waals surface area contributed by atoms with Crippen molar-refractivity contribution in [3.8, 4) is 0 Å². The van der Waals surface area contributed by atoms with Gasteiger partial charge >= 0.3 is 6.09 Å². The molecule has 0 unspecified atom stereocenters. The molecule has 384 valence electrons. The lowest BCUT2D eigenvalue weighted by molar-refractivity contribution is -0.148. The van der Waals surface area contributed by atoms with Crippen LogP contribution in [0.4, 0.5) is 4.79 Å². The molecule has 5 amide bonds. The van der Waals surface area contributed by atoms with Gasteiger partial charge in [0, 0.05) is 41.5 Å². The van der Waals surface area contributed by atoms with Crippen molar-refractivity contribution >= 4 is 29.7 Å². The predicted molar refractivity (Wildman–Crippen MR) is 257 cm³/mol. The number of nitrogens with zero attached hydrogens (tertiary/aromatic N) is 3. The molecule has 1 aliphatic rings. The molecule has 0 radical (unpaired) electrons. The second-order valence-electron chi connectivity index (χ2n) is 19.1. The van der Waals surface area contributed by atoms with Crippen molar-refractivity contribution in [1.29, 1.82) is 0 Å². The number of carbonyl (C=O) groups is 5. The number of methoxy groups -OCH3 is 2. The van der Waals surface area contributed by atoms with Gasteiger partial charge in [0.05, 0.1) is 81.8 Å². The maximum atomic E-state index is 14.6. The Labute approximate surface area is 401 Å². The van der Waals surface area contributed by atoms with Crippen LogP contribution in [-0.2, 0) is 47.6 Å². The summed E-state index contributed by atoms with van der Waals surface area (Å²) in [6, 6.07) is 5.71. The van der Waals surface area contributed by atoms with Crippen molar-refractivity contribution in [1.82, 2.24) is 25.3 Å². The normalized spacial score (nSPS) is 18.1. The molecule has 0 aliphatic carbocycles. The highest BCUT2D eigenvalue weighted by molar-refractivity contribution is 5.91. The van der Waals surface area contributed by atoms with Crippen LogP contribution < -0.4 is 10.6 Å². The molecule has 10 atom stereocenters. The van der Waals surface area contributed by atoms with Crippen molar-refractivity contribution < 1.29 is 57.5 Å². The lowest BCUT2D eigenvalue weighted by Crippen LogP contribution is -2.60. The lowest BCUT2D eigenvalue weighted by atomic mass is 9.89. The Balaban J connectivity index is 2.12. The first-order valence-electron chi connectivity index (χ1n) is 24.3. The van der Waals surface area contributed by atoms with Crippen molar-refractivity contribution in [2.75, 3.05) is 81.1 Å². The number of aliphatic hydroxyl groups is 1. The van der Waals surface area contributed by atoms with Crippen molar-refractivity contribution in [3.05, 3.63) is 35.9 Å². The zero-order valence-corrected chi connectivity index (χ0v) is 43.2. The molecule has 1 aromatic rings. The van der Waals surface area contributed by atoms with Crippen LogP contribution in [0.2, 0.25) is 0 Å². The standard InChI is InChI=1S/C50H87N5O12/c1-15-35(8)44(40(62-13)30-41(56)55-23-19-22-39(55)46(63-14)36(9)47(58)51-37(10)45(57)38-20-17-16-18-21-38)53(11)49(60)42(33(4)5)52-48(59)43(34(6)7)54(12)50(61)67-29-28-65-25-24-64-26-27-66-31-32(2)3/h16-18,20-21,32-37,39-40,42-46,57H,15,19,22-31H2,1-14H3,(H,51,58)(H,52,59)/t35-,36+,37+,39-,40+,42-,43-,44-,45+,46+/m0/s1. The van der Waals surface area contributed by atoms with Crippen molar-refractivity contribution in [2.45, 2.75) is 143 Å². The van der Waals surface area contributed by atoms with Crippen molar-refractivity contribution in [3.63, 3.8) is 0 Å². The van der Waals surface area contributed by atoms with Gasteiger partial charge < -0.3 is 54.0 Å². The number of hydrogen-bond acceptors (Lipinski definition) is 12. The number of rotatable bonds is 31. The molecule has 1 aromatic carbocycles. The monoisotopic (exact) mass is 950 g/mol. The summed E-state index contributed by atoms with van der Waals surface area (Å²) in [5, 5.41) is 16.8. The van der Waals surface area contributed by atoms with E-state index in [1.807, 2.05) is 59.7 Å². The number of aliphatic hydroxyl groups excluding tert-OH is 1. The molecule has 0 bridgehead atoms. The summed E-state index contributed by atoms with van der Waals surface area (Å²) < 4.78 is 33.9. The molecule has 17 nitrogen and oxygen atoms in total. The number of benzene rings is 1. The molecule has 2 rings (SSSR count). The molecule has 67 heavy (non-hydrogen) atoms. The number of amides is 5. The number of likely N-dealkylation sites (tertiary alicyclic amines) is 1. The first-order valence-corrected chi connectivity index (χ1v) is 24.3. The Morgan fingerprint density at radius 2 is 1.37 bits per heavy atom. The van der Waals surface area contributed by atoms with Gasteiger partial charge in [-0.05, 0) is 49.0 Å². The second-order valence-corrected chi connectivity index (χ2v) is 19.1. The van der Waals surface area contributed by atoms with E-state index in [2.05, 4.69) is 24.5 Å². The number of hydrogen-bond donors (Lipinski definition) is 3. The highest BCUT2D eigenvalue weighted by Crippen LogP contribution is 2.30. The van der Waals surface area contributed by atoms with Gasteiger partial charge in [-0.3, -0.25) is 24.1 Å². The lowest BCUT2D eigenvalue weighted by Gasteiger charge is -2.41. The zero-order valence-electron chi connectivity index (χ0n) is 43.2. The Morgan fingerprint density at radius 3 is 1.91 bits per heavy atom. The molecule has 1 saturated heterocycles. The minimum absolute atomic E-state index is 0.0203. The van der Waals surface area contributed by atoms with Crippen LogP contribution >= 0.6 is 0 Å². The molecule has 1 aliphatic heterocycles. The second kappa shape index (κ2) is 30.6. The van der Waals surface area contributed by atoms with Gasteiger partial charge in [0.1, 0.15) is 18.7 Å². The van der Waals surface area contributed by atoms with E-state index < -0.39 is 60.4 Å². The third kappa shape index (κ3) is 18.5. The van der Waals surface area contributed by atoms with E-state index >= 15 is 0 Å². The van der Waals surface area contributed by atoms with Gasteiger partial charge in [-0.2, -0.15) is 0 Å². The minimum Gasteiger partial charge on any atom is -0.447 e. The zero-order chi connectivity index (χ0) is 50.4. The van der Waals surface area contributed by atoms with Crippen molar-refractivity contribution in [2.24, 2.45) is 29.6 Å². The van der Waals surface area contributed by atoms with Gasteiger partial charge in [0.15, 0.2) is 0 Å². The first-order chi connectivity index (χ1) is 31.7. The van der Waals surface area contributed by atoms with Crippen LogP contribution in [0.5, 0.6) is 0 Å². The summed E-state index contributed by atoms with van der Waals surface area (Å²) in [7, 11) is 6.23. The predicted octanol–water partition coefficient (Wildman–Crippen LogP) is 5.08. The molecule has 1 fully saturated rings. The fraction of sp³-hybridized carbons (Fsp3) is 0.780. The Morgan fingerprint density at radius 1 is 0.776 bits per heavy atom. The van der Waals surface area contributed by atoms with Crippen LogP contribution in [0.25, 0.3) is 0 Å². The smallest absolute Gasteiger partial charge is 0.410 e. The van der Waals surface area contributed by atoms with E-state index in [0.717, 1.165) is 6.42 Å². The summed E-state index contributed by atoms with van der Waals surface area (Å²) in [4.78, 5) is 74.2. The van der Waals surface area contributed by atoms with E-state index in [4.69, 9.17) is 28.4 Å². The average Bonchev–Trinajstić information content (AvgIpc) is 3.78. The molecule has 0 spiro atoms. The Hall–Kier alpha value is -3.87. The van der Waals surface area contributed by atoms with Crippen LogP contribution in [0, 0.1) is 29.6 Å². The van der Waals surface area contributed by atoms with Crippen LogP contribution in [0.15, 0.2) is 30.3 Å². The highest BCUT2D eigenvalue weighted by atomic mass is 16.6. The summed E-state index contributed by atoms with van der Waals surface area (Å²) in [6.45, 7) is 22.0. The number of nitrogens with one attached hydrogen (secondary N) is 2. The third-order valence-corrected chi connectivity index (χ3v) is 12.7. The van der Waals surface area contributed by atoms with Gasteiger partial charge in [-0.15, -0.1) is 0 Å². The van der Waals surface area contributed by atoms with E-state index in [-0.39, 0.29) is 61.2 Å². The third-order valence-electron chi connectivity index (χ3n) is 12.7. The molecular formula is C50H87N5O12. The topological polar surface area (TPSA) is 195 Å². The number of ether oxygens (including phenoxy) is 6. The summed E-state index contributed by atoms with van der Waals surface area (Å²) in [5.74, 6) is -2.29. The maximum absolute atomic E-state index is 14.6. The van der Waals surface area contributed by atoms with E-state index in [1.54, 1.807) is 42.8 Å². The van der Waals surface area contributed by atoms with Crippen LogP contribution in [0.3, 0.4) is 0 Å². The van der Waals surface area contributed by atoms with E-state index in [0.29, 0.717) is 63.9 Å². The quantitative estimate of drug-likeness (QED) is 0.0837. The number of carbonyl (C=O) groups excluding carboxylic acids is 5. The molecule has 0 saturated carbocycles. The molecule has 1 heterocycles. The average molecular weight is 950 g/mol. The summed E-state index contributed by atoms with van der Waals surface area (Å²) in [6.07, 6.45) is -0.946. The fourth-order valence-electron chi connectivity index (χ4n) is 8.74. The summed E-state index contributed by atoms with van der Waals surface area (Å²) in [5.41, 5.74) is 0.691. The molecule has 0 aromatic heterocycles. The largest absolute Gasteiger partial charge is 0.447 e. The fourth-order valence-corrected chi connectivity index (χ4v) is 8.74. The van der Waals surface area contributed by atoms with Gasteiger partial charge in [0.25, 0.3) is 0 Å². The van der Waals surface area contributed by atoms with E-state index in [9.17, 15) is 29.1 Å². The number of likely N-dealkylation sites (N-methyl/N-ethyl adjacent to an activating group) is 2. The summed E-state index contributed by atoms with van der Waals surface area (Å²) >= 11 is 0. The van der Waals surface area contributed by atoms with E-state index in [1.165, 1.54) is 26.2 Å². The molecule has 17 heteroatoms. The molecular weight excluding hydrogens is 863 g/mol. The first kappa shape index (κ1) is 59.3. The highest BCUT2D eigenvalue weighted by Gasteiger charge is 2.43. The van der Waals surface area contributed by atoms with Gasteiger partial charge in [0.2, 0.25) is 23.6 Å². The maximum Gasteiger partial charge on any atom is 0.410 e.